The van der Waals surface area contributed by atoms with E-state index in [2.05, 4.69) is 32.9 Å². The number of rotatable bonds is 9. The molecule has 0 aliphatic rings. The van der Waals surface area contributed by atoms with Crippen LogP contribution in [0.3, 0.4) is 0 Å². The van der Waals surface area contributed by atoms with Crippen LogP contribution in [-0.2, 0) is 19.6 Å². The summed E-state index contributed by atoms with van der Waals surface area (Å²) in [6.07, 6.45) is 4.29. The van der Waals surface area contributed by atoms with E-state index in [1.54, 1.807) is 35.1 Å². The van der Waals surface area contributed by atoms with Crippen LogP contribution in [0.1, 0.15) is 27.4 Å². The van der Waals surface area contributed by atoms with Gasteiger partial charge in [0.25, 0.3) is 5.91 Å². The maximum atomic E-state index is 12.7. The quantitative estimate of drug-likeness (QED) is 0.221. The van der Waals surface area contributed by atoms with Gasteiger partial charge in [-0.2, -0.15) is 5.10 Å². The van der Waals surface area contributed by atoms with Gasteiger partial charge in [-0.15, -0.1) is 6.58 Å². The fraction of sp³-hybridized carbons (Fsp3) is 0.120. The molecule has 0 unspecified atom stereocenters. The van der Waals surface area contributed by atoms with E-state index in [-0.39, 0.29) is 12.4 Å². The molecule has 0 bridgehead atoms. The van der Waals surface area contributed by atoms with Crippen LogP contribution in [0.25, 0.3) is 0 Å². The van der Waals surface area contributed by atoms with E-state index in [0.29, 0.717) is 39.1 Å². The van der Waals surface area contributed by atoms with Crippen LogP contribution in [-0.4, -0.2) is 15.7 Å². The lowest BCUT2D eigenvalue weighted by atomic mass is 10.1. The Morgan fingerprint density at radius 3 is 2.79 bits per heavy atom. The number of hydrogen-bond acceptors (Lipinski definition) is 4. The zero-order chi connectivity index (χ0) is 24.1. The molecule has 4 aromatic rings. The Labute approximate surface area is 215 Å². The monoisotopic (exact) mass is 559 g/mol. The SMILES string of the molecule is C=CCc1ccccc1OCc1ccc(C(=O)Nc2nn(Cc3ccc(Cl)c(Cl)c3)cc2Br)o1. The first-order chi connectivity index (χ1) is 16.4. The molecule has 0 spiro atoms. The van der Waals surface area contributed by atoms with Gasteiger partial charge in [0, 0.05) is 6.20 Å². The molecule has 0 aliphatic heterocycles. The summed E-state index contributed by atoms with van der Waals surface area (Å²) < 4.78 is 13.9. The molecule has 4 rings (SSSR count). The topological polar surface area (TPSA) is 69.3 Å². The zero-order valence-electron chi connectivity index (χ0n) is 17.9. The fourth-order valence-electron chi connectivity index (χ4n) is 3.25. The summed E-state index contributed by atoms with van der Waals surface area (Å²) in [5.74, 6) is 1.39. The normalized spacial score (nSPS) is 10.8. The molecule has 0 saturated heterocycles. The average Bonchev–Trinajstić information content (AvgIpc) is 3.42. The van der Waals surface area contributed by atoms with E-state index < -0.39 is 5.91 Å². The maximum Gasteiger partial charge on any atom is 0.292 e. The molecule has 2 heterocycles. The van der Waals surface area contributed by atoms with Crippen molar-refractivity contribution in [2.45, 2.75) is 19.6 Å². The number of aromatic nitrogens is 2. The average molecular weight is 561 g/mol. The Morgan fingerprint density at radius 2 is 2.00 bits per heavy atom. The number of carbonyl (C=O) groups excluding carboxylic acids is 1. The minimum Gasteiger partial charge on any atom is -0.485 e. The first-order valence-electron chi connectivity index (χ1n) is 10.3. The number of anilines is 1. The number of benzene rings is 2. The minimum atomic E-state index is -0.418. The molecule has 6 nitrogen and oxygen atoms in total. The van der Waals surface area contributed by atoms with Gasteiger partial charge in [0.05, 0.1) is 21.1 Å². The summed E-state index contributed by atoms with van der Waals surface area (Å²) in [6.45, 7) is 4.43. The smallest absolute Gasteiger partial charge is 0.292 e. The van der Waals surface area contributed by atoms with Crippen molar-refractivity contribution >= 4 is 50.9 Å². The molecular weight excluding hydrogens is 541 g/mol. The molecule has 2 aromatic heterocycles. The summed E-state index contributed by atoms with van der Waals surface area (Å²) in [5, 5.41) is 8.14. The Bertz CT molecular complexity index is 1330. The molecule has 2 aromatic carbocycles. The third kappa shape index (κ3) is 5.91. The van der Waals surface area contributed by atoms with Gasteiger partial charge in [-0.25, -0.2) is 0 Å². The van der Waals surface area contributed by atoms with Gasteiger partial charge in [-0.05, 0) is 63.8 Å². The number of ether oxygens (including phenoxy) is 1. The first-order valence-corrected chi connectivity index (χ1v) is 11.9. The molecule has 9 heteroatoms. The number of hydrogen-bond donors (Lipinski definition) is 1. The Morgan fingerprint density at radius 1 is 1.18 bits per heavy atom. The lowest BCUT2D eigenvalue weighted by Gasteiger charge is -2.08. The summed E-state index contributed by atoms with van der Waals surface area (Å²) >= 11 is 15.5. The zero-order valence-corrected chi connectivity index (χ0v) is 21.0. The Hall–Kier alpha value is -3.00. The molecular formula is C25H20BrCl2N3O3. The Balaban J connectivity index is 1.38. The minimum absolute atomic E-state index is 0.156. The molecule has 1 amide bonds. The van der Waals surface area contributed by atoms with Crippen LogP contribution in [0.2, 0.25) is 10.0 Å². The summed E-state index contributed by atoms with van der Waals surface area (Å²) in [5.41, 5.74) is 1.95. The van der Waals surface area contributed by atoms with Gasteiger partial charge in [0.2, 0.25) is 0 Å². The van der Waals surface area contributed by atoms with Gasteiger partial charge in [0.15, 0.2) is 11.6 Å². The molecule has 0 saturated carbocycles. The molecule has 0 atom stereocenters. The van der Waals surface area contributed by atoms with Crippen LogP contribution >= 0.6 is 39.1 Å². The largest absolute Gasteiger partial charge is 0.485 e. The summed E-state index contributed by atoms with van der Waals surface area (Å²) in [4.78, 5) is 12.7. The van der Waals surface area contributed by atoms with Crippen LogP contribution in [0, 0.1) is 0 Å². The highest BCUT2D eigenvalue weighted by atomic mass is 79.9. The number of allylic oxidation sites excluding steroid dienone is 1. The fourth-order valence-corrected chi connectivity index (χ4v) is 3.99. The second-order valence-electron chi connectivity index (χ2n) is 7.38. The third-order valence-corrected chi connectivity index (χ3v) is 6.19. The van der Waals surface area contributed by atoms with Crippen LogP contribution in [0.5, 0.6) is 5.75 Å². The van der Waals surface area contributed by atoms with Crippen molar-refractivity contribution in [2.75, 3.05) is 5.32 Å². The third-order valence-electron chi connectivity index (χ3n) is 4.87. The molecule has 0 radical (unpaired) electrons. The van der Waals surface area contributed by atoms with E-state index in [1.807, 2.05) is 36.4 Å². The molecule has 1 N–H and O–H groups in total. The van der Waals surface area contributed by atoms with E-state index in [1.165, 1.54) is 0 Å². The van der Waals surface area contributed by atoms with Crippen molar-refractivity contribution < 1.29 is 13.9 Å². The van der Waals surface area contributed by atoms with Crippen LogP contribution in [0.4, 0.5) is 5.82 Å². The van der Waals surface area contributed by atoms with Crippen molar-refractivity contribution in [3.8, 4) is 5.75 Å². The highest BCUT2D eigenvalue weighted by Crippen LogP contribution is 2.25. The lowest BCUT2D eigenvalue weighted by molar-refractivity contribution is 0.0992. The number of halogens is 3. The Kier molecular flexibility index (Phi) is 7.77. The second kappa shape index (κ2) is 11.0. The van der Waals surface area contributed by atoms with Crippen LogP contribution < -0.4 is 10.1 Å². The van der Waals surface area contributed by atoms with Gasteiger partial charge in [-0.1, -0.05) is 53.5 Å². The second-order valence-corrected chi connectivity index (χ2v) is 9.05. The number of furan rings is 1. The maximum absolute atomic E-state index is 12.7. The predicted molar refractivity (Wildman–Crippen MR) is 137 cm³/mol. The number of nitrogens with one attached hydrogen (secondary N) is 1. The van der Waals surface area contributed by atoms with Gasteiger partial charge in [0.1, 0.15) is 18.1 Å². The predicted octanol–water partition coefficient (Wildman–Crippen LogP) is 7.15. The summed E-state index contributed by atoms with van der Waals surface area (Å²) in [6, 6.07) is 16.4. The summed E-state index contributed by atoms with van der Waals surface area (Å²) in [7, 11) is 0. The van der Waals surface area contributed by atoms with Gasteiger partial charge < -0.3 is 14.5 Å². The van der Waals surface area contributed by atoms with E-state index in [4.69, 9.17) is 32.4 Å². The number of carbonyl (C=O) groups is 1. The number of amides is 1. The molecule has 0 aliphatic carbocycles. The standard InChI is InChI=1S/C25H20BrCl2N3O3/c1-2-5-17-6-3-4-7-22(17)33-15-18-9-11-23(34-18)25(32)29-24-19(26)14-31(30-24)13-16-8-10-20(27)21(28)12-16/h2-4,6-12,14H,1,5,13,15H2,(H,29,30,32). The van der Waals surface area contributed by atoms with Crippen LogP contribution in [0.15, 0.2) is 82.3 Å². The van der Waals surface area contributed by atoms with Crippen molar-refractivity contribution in [3.63, 3.8) is 0 Å². The van der Waals surface area contributed by atoms with Crippen molar-refractivity contribution in [1.82, 2.24) is 9.78 Å². The first kappa shape index (κ1) is 24.1. The van der Waals surface area contributed by atoms with Gasteiger partial charge >= 0.3 is 0 Å². The molecule has 34 heavy (non-hydrogen) atoms. The van der Waals surface area contributed by atoms with Crippen molar-refractivity contribution in [2.24, 2.45) is 0 Å². The van der Waals surface area contributed by atoms with E-state index in [0.717, 1.165) is 16.9 Å². The van der Waals surface area contributed by atoms with Crippen molar-refractivity contribution in [1.29, 1.82) is 0 Å². The number of nitrogens with zero attached hydrogens (tertiary/aromatic N) is 2. The number of para-hydroxylation sites is 1. The van der Waals surface area contributed by atoms with E-state index in [9.17, 15) is 4.79 Å². The molecule has 0 fully saturated rings. The lowest BCUT2D eigenvalue weighted by Crippen LogP contribution is -2.12. The van der Waals surface area contributed by atoms with Gasteiger partial charge in [-0.3, -0.25) is 9.48 Å². The van der Waals surface area contributed by atoms with Crippen molar-refractivity contribution in [3.05, 3.63) is 111 Å². The van der Waals surface area contributed by atoms with E-state index >= 15 is 0 Å². The highest BCUT2D eigenvalue weighted by Gasteiger charge is 2.16. The molecule has 174 valence electrons. The highest BCUT2D eigenvalue weighted by molar-refractivity contribution is 9.10.